The average Bonchev–Trinajstić information content (AvgIpc) is 2.39. The molecule has 4 nitrogen and oxygen atoms in total. The zero-order valence-corrected chi connectivity index (χ0v) is 12.3. The molecule has 0 radical (unpaired) electrons. The molecule has 0 heterocycles. The molecule has 1 N–H and O–H groups in total. The summed E-state index contributed by atoms with van der Waals surface area (Å²) in [4.78, 5) is 24.7. The van der Waals surface area contributed by atoms with Gasteiger partial charge in [-0.25, -0.2) is 4.39 Å². The van der Waals surface area contributed by atoms with Crippen molar-refractivity contribution in [3.05, 3.63) is 35.6 Å². The van der Waals surface area contributed by atoms with Crippen LogP contribution in [0.25, 0.3) is 0 Å². The third-order valence-electron chi connectivity index (χ3n) is 4.24. The van der Waals surface area contributed by atoms with E-state index in [4.69, 9.17) is 5.11 Å². The maximum absolute atomic E-state index is 12.9. The second-order valence-electron chi connectivity index (χ2n) is 5.80. The van der Waals surface area contributed by atoms with Crippen molar-refractivity contribution in [2.45, 2.75) is 25.7 Å². The Bertz CT molecular complexity index is 529. The van der Waals surface area contributed by atoms with Gasteiger partial charge in [0.2, 0.25) is 5.91 Å². The van der Waals surface area contributed by atoms with Crippen molar-refractivity contribution in [3.63, 3.8) is 0 Å². The SMILES string of the molecule is CC(CN(C)C(=O)C1CCC1c1ccc(F)cc1)C(=O)O. The Labute approximate surface area is 123 Å². The minimum Gasteiger partial charge on any atom is -0.481 e. The number of carboxylic acid groups (broad SMARTS) is 1. The number of carboxylic acids is 1. The summed E-state index contributed by atoms with van der Waals surface area (Å²) in [7, 11) is 1.64. The van der Waals surface area contributed by atoms with Gasteiger partial charge in [0, 0.05) is 19.5 Å². The molecule has 1 aliphatic rings. The molecule has 114 valence electrons. The van der Waals surface area contributed by atoms with Crippen LogP contribution in [0.1, 0.15) is 31.2 Å². The molecule has 0 spiro atoms. The van der Waals surface area contributed by atoms with E-state index in [9.17, 15) is 14.0 Å². The maximum atomic E-state index is 12.9. The molecule has 1 saturated carbocycles. The van der Waals surface area contributed by atoms with Gasteiger partial charge in [0.25, 0.3) is 0 Å². The smallest absolute Gasteiger partial charge is 0.308 e. The zero-order chi connectivity index (χ0) is 15.6. The molecule has 0 aromatic heterocycles. The Balaban J connectivity index is 1.99. The largest absolute Gasteiger partial charge is 0.481 e. The van der Waals surface area contributed by atoms with Crippen LogP contribution >= 0.6 is 0 Å². The number of hydrogen-bond donors (Lipinski definition) is 1. The fourth-order valence-corrected chi connectivity index (χ4v) is 2.77. The predicted molar refractivity (Wildman–Crippen MR) is 76.3 cm³/mol. The van der Waals surface area contributed by atoms with Crippen molar-refractivity contribution in [1.82, 2.24) is 4.90 Å². The van der Waals surface area contributed by atoms with E-state index in [2.05, 4.69) is 0 Å². The van der Waals surface area contributed by atoms with Crippen molar-refractivity contribution >= 4 is 11.9 Å². The van der Waals surface area contributed by atoms with Gasteiger partial charge in [-0.2, -0.15) is 0 Å². The number of nitrogens with zero attached hydrogens (tertiary/aromatic N) is 1. The number of benzene rings is 1. The number of hydrogen-bond acceptors (Lipinski definition) is 2. The summed E-state index contributed by atoms with van der Waals surface area (Å²) in [5.41, 5.74) is 0.973. The lowest BCUT2D eigenvalue weighted by atomic mass is 9.69. The van der Waals surface area contributed by atoms with Gasteiger partial charge >= 0.3 is 5.97 Å². The molecule has 5 heteroatoms. The molecule has 0 aliphatic heterocycles. The highest BCUT2D eigenvalue weighted by molar-refractivity contribution is 5.81. The summed E-state index contributed by atoms with van der Waals surface area (Å²) in [6, 6.07) is 6.26. The molecule has 3 unspecified atom stereocenters. The molecular weight excluding hydrogens is 273 g/mol. The Kier molecular flexibility index (Phi) is 4.60. The Morgan fingerprint density at radius 2 is 1.95 bits per heavy atom. The standard InChI is InChI=1S/C16H20FNO3/c1-10(16(20)21)9-18(2)15(19)14-8-7-13(14)11-3-5-12(17)6-4-11/h3-6,10,13-14H,7-9H2,1-2H3,(H,20,21). The van der Waals surface area contributed by atoms with Gasteiger partial charge in [0.1, 0.15) is 5.82 Å². The molecule has 2 rings (SSSR count). The van der Waals surface area contributed by atoms with Crippen LogP contribution in [0.5, 0.6) is 0 Å². The van der Waals surface area contributed by atoms with Crippen LogP contribution in [-0.4, -0.2) is 35.5 Å². The fraction of sp³-hybridized carbons (Fsp3) is 0.500. The molecular formula is C16H20FNO3. The third-order valence-corrected chi connectivity index (χ3v) is 4.24. The van der Waals surface area contributed by atoms with Crippen molar-refractivity contribution in [3.8, 4) is 0 Å². The van der Waals surface area contributed by atoms with Crippen molar-refractivity contribution in [2.75, 3.05) is 13.6 Å². The van der Waals surface area contributed by atoms with E-state index in [-0.39, 0.29) is 30.1 Å². The highest BCUT2D eigenvalue weighted by atomic mass is 19.1. The van der Waals surface area contributed by atoms with Gasteiger partial charge in [0.15, 0.2) is 0 Å². The summed E-state index contributed by atoms with van der Waals surface area (Å²) < 4.78 is 12.9. The second kappa shape index (κ2) is 6.24. The lowest BCUT2D eigenvalue weighted by Gasteiger charge is -2.38. The summed E-state index contributed by atoms with van der Waals surface area (Å²) in [5.74, 6) is -1.80. The Morgan fingerprint density at radius 1 is 1.33 bits per heavy atom. The summed E-state index contributed by atoms with van der Waals surface area (Å²) in [6.07, 6.45) is 1.71. The predicted octanol–water partition coefficient (Wildman–Crippen LogP) is 2.50. The van der Waals surface area contributed by atoms with E-state index in [0.29, 0.717) is 0 Å². The molecule has 1 aromatic carbocycles. The number of rotatable bonds is 5. The number of amides is 1. The lowest BCUT2D eigenvalue weighted by Crippen LogP contribution is -2.43. The highest BCUT2D eigenvalue weighted by Gasteiger charge is 2.39. The van der Waals surface area contributed by atoms with Crippen LogP contribution in [-0.2, 0) is 9.59 Å². The zero-order valence-electron chi connectivity index (χ0n) is 12.3. The third kappa shape index (κ3) is 3.40. The first-order valence-electron chi connectivity index (χ1n) is 7.13. The molecule has 1 aliphatic carbocycles. The highest BCUT2D eigenvalue weighted by Crippen LogP contribution is 2.43. The Hall–Kier alpha value is -1.91. The normalized spacial score (nSPS) is 22.2. The Morgan fingerprint density at radius 3 is 2.43 bits per heavy atom. The molecule has 1 fully saturated rings. The summed E-state index contributed by atoms with van der Waals surface area (Å²) in [5, 5.41) is 8.90. The second-order valence-corrected chi connectivity index (χ2v) is 5.80. The first-order chi connectivity index (χ1) is 9.90. The van der Waals surface area contributed by atoms with Crippen LogP contribution in [0.4, 0.5) is 4.39 Å². The number of halogens is 1. The van der Waals surface area contributed by atoms with Crippen molar-refractivity contribution < 1.29 is 19.1 Å². The summed E-state index contributed by atoms with van der Waals surface area (Å²) >= 11 is 0. The van der Waals surface area contributed by atoms with Crippen LogP contribution in [0.3, 0.4) is 0 Å². The van der Waals surface area contributed by atoms with E-state index in [1.165, 1.54) is 17.0 Å². The number of carbonyl (C=O) groups is 2. The van der Waals surface area contributed by atoms with Gasteiger partial charge in [0.05, 0.1) is 5.92 Å². The molecule has 1 amide bonds. The number of aliphatic carboxylic acids is 1. The molecule has 0 bridgehead atoms. The first-order valence-corrected chi connectivity index (χ1v) is 7.13. The maximum Gasteiger partial charge on any atom is 0.308 e. The molecule has 0 saturated heterocycles. The molecule has 21 heavy (non-hydrogen) atoms. The lowest BCUT2D eigenvalue weighted by molar-refractivity contribution is -0.144. The van der Waals surface area contributed by atoms with Gasteiger partial charge in [-0.05, 0) is 36.5 Å². The van der Waals surface area contributed by atoms with Gasteiger partial charge < -0.3 is 10.0 Å². The molecule has 1 aromatic rings. The van der Waals surface area contributed by atoms with Crippen molar-refractivity contribution in [2.24, 2.45) is 11.8 Å². The van der Waals surface area contributed by atoms with Gasteiger partial charge in [-0.3, -0.25) is 9.59 Å². The average molecular weight is 293 g/mol. The van der Waals surface area contributed by atoms with E-state index < -0.39 is 11.9 Å². The van der Waals surface area contributed by atoms with E-state index in [1.54, 1.807) is 26.1 Å². The molecule has 3 atom stereocenters. The first kappa shape index (κ1) is 15.5. The van der Waals surface area contributed by atoms with Crippen LogP contribution < -0.4 is 0 Å². The van der Waals surface area contributed by atoms with E-state index >= 15 is 0 Å². The van der Waals surface area contributed by atoms with E-state index in [0.717, 1.165) is 18.4 Å². The minimum atomic E-state index is -0.904. The minimum absolute atomic E-state index is 0.0244. The van der Waals surface area contributed by atoms with Gasteiger partial charge in [-0.15, -0.1) is 0 Å². The van der Waals surface area contributed by atoms with Crippen LogP contribution in [0, 0.1) is 17.7 Å². The van der Waals surface area contributed by atoms with Gasteiger partial charge in [-0.1, -0.05) is 19.1 Å². The monoisotopic (exact) mass is 293 g/mol. The topological polar surface area (TPSA) is 57.6 Å². The van der Waals surface area contributed by atoms with Crippen LogP contribution in [0.2, 0.25) is 0 Å². The number of carbonyl (C=O) groups excluding carboxylic acids is 1. The quantitative estimate of drug-likeness (QED) is 0.907. The fourth-order valence-electron chi connectivity index (χ4n) is 2.77. The summed E-state index contributed by atoms with van der Waals surface area (Å²) in [6.45, 7) is 1.80. The van der Waals surface area contributed by atoms with Crippen molar-refractivity contribution in [1.29, 1.82) is 0 Å². The van der Waals surface area contributed by atoms with Crippen LogP contribution in [0.15, 0.2) is 24.3 Å². The van der Waals surface area contributed by atoms with E-state index in [1.807, 2.05) is 0 Å².